The van der Waals surface area contributed by atoms with E-state index in [9.17, 15) is 4.39 Å². The number of aromatic nitrogens is 2. The fourth-order valence-electron chi connectivity index (χ4n) is 2.05. The van der Waals surface area contributed by atoms with Crippen LogP contribution in [0.4, 0.5) is 4.39 Å². The molecule has 0 unspecified atom stereocenters. The average molecular weight is 234 g/mol. The molecule has 0 fully saturated rings. The Morgan fingerprint density at radius 1 is 1.35 bits per heavy atom. The van der Waals surface area contributed by atoms with Crippen LogP contribution in [0.5, 0.6) is 0 Å². The van der Waals surface area contributed by atoms with Crippen LogP contribution in [0.2, 0.25) is 0 Å². The maximum Gasteiger partial charge on any atom is 0.132 e. The number of aliphatic hydroxyl groups excluding tert-OH is 1. The molecule has 1 aromatic heterocycles. The highest BCUT2D eigenvalue weighted by molar-refractivity contribution is 5.63. The normalized spacial score (nSPS) is 10.8. The predicted molar refractivity (Wildman–Crippen MR) is 64.1 cm³/mol. The minimum Gasteiger partial charge on any atom is -0.396 e. The van der Waals surface area contributed by atoms with Crippen molar-refractivity contribution in [1.29, 1.82) is 0 Å². The van der Waals surface area contributed by atoms with Crippen LogP contribution in [0.15, 0.2) is 24.3 Å². The summed E-state index contributed by atoms with van der Waals surface area (Å²) in [6, 6.07) is 6.64. The molecular weight excluding hydrogens is 219 g/mol. The second-order valence-electron chi connectivity index (χ2n) is 3.97. The van der Waals surface area contributed by atoms with E-state index >= 15 is 0 Å². The molecule has 0 aliphatic rings. The summed E-state index contributed by atoms with van der Waals surface area (Å²) < 4.78 is 15.6. The maximum absolute atomic E-state index is 13.7. The van der Waals surface area contributed by atoms with Crippen molar-refractivity contribution in [1.82, 2.24) is 9.55 Å². The third kappa shape index (κ3) is 2.08. The van der Waals surface area contributed by atoms with Crippen LogP contribution in [0.1, 0.15) is 11.5 Å². The van der Waals surface area contributed by atoms with Crippen LogP contribution in [0.25, 0.3) is 11.3 Å². The van der Waals surface area contributed by atoms with Gasteiger partial charge < -0.3 is 9.67 Å². The molecule has 0 amide bonds. The molecule has 1 N–H and O–H groups in total. The molecule has 1 aromatic carbocycles. The number of rotatable bonds is 3. The lowest BCUT2D eigenvalue weighted by Gasteiger charge is -2.07. The first-order valence-electron chi connectivity index (χ1n) is 5.53. The van der Waals surface area contributed by atoms with Crippen LogP contribution >= 0.6 is 0 Å². The molecule has 2 aromatic rings. The first-order valence-corrected chi connectivity index (χ1v) is 5.53. The van der Waals surface area contributed by atoms with E-state index in [0.717, 1.165) is 17.2 Å². The zero-order chi connectivity index (χ0) is 12.4. The molecule has 0 spiro atoms. The van der Waals surface area contributed by atoms with Crippen molar-refractivity contribution in [2.24, 2.45) is 7.05 Å². The Kier molecular flexibility index (Phi) is 3.24. The third-order valence-corrected chi connectivity index (χ3v) is 2.83. The molecular formula is C13H15FN2O. The zero-order valence-electron chi connectivity index (χ0n) is 9.94. The minimum atomic E-state index is -0.255. The zero-order valence-corrected chi connectivity index (χ0v) is 9.94. The van der Waals surface area contributed by atoms with E-state index in [2.05, 4.69) is 4.98 Å². The highest BCUT2D eigenvalue weighted by Crippen LogP contribution is 2.26. The molecule has 0 atom stereocenters. The topological polar surface area (TPSA) is 38.1 Å². The standard InChI is InChI=1S/C13H15FN2O/c1-9-13(10-5-3-4-6-11(10)14)16(2)12(15-9)7-8-17/h3-6,17H,7-8H2,1-2H3. The molecule has 0 saturated heterocycles. The number of aliphatic hydroxyl groups is 1. The minimum absolute atomic E-state index is 0.0427. The van der Waals surface area contributed by atoms with Crippen molar-refractivity contribution < 1.29 is 9.50 Å². The van der Waals surface area contributed by atoms with Crippen LogP contribution in [-0.4, -0.2) is 21.3 Å². The van der Waals surface area contributed by atoms with Gasteiger partial charge in [-0.25, -0.2) is 9.37 Å². The highest BCUT2D eigenvalue weighted by Gasteiger charge is 2.15. The second-order valence-corrected chi connectivity index (χ2v) is 3.97. The molecule has 3 nitrogen and oxygen atoms in total. The van der Waals surface area contributed by atoms with E-state index < -0.39 is 0 Å². The van der Waals surface area contributed by atoms with Crippen LogP contribution in [-0.2, 0) is 13.5 Å². The fourth-order valence-corrected chi connectivity index (χ4v) is 2.05. The Balaban J connectivity index is 2.56. The first-order chi connectivity index (χ1) is 8.15. The van der Waals surface area contributed by atoms with Gasteiger partial charge in [0, 0.05) is 19.0 Å². The maximum atomic E-state index is 13.7. The quantitative estimate of drug-likeness (QED) is 0.882. The summed E-state index contributed by atoms with van der Waals surface area (Å²) in [5, 5.41) is 8.94. The number of nitrogens with zero attached hydrogens (tertiary/aromatic N) is 2. The van der Waals surface area contributed by atoms with E-state index in [1.165, 1.54) is 6.07 Å². The van der Waals surface area contributed by atoms with Gasteiger partial charge in [-0.3, -0.25) is 0 Å². The first kappa shape index (κ1) is 11.8. The monoisotopic (exact) mass is 234 g/mol. The lowest BCUT2D eigenvalue weighted by atomic mass is 10.1. The Morgan fingerprint density at radius 2 is 2.06 bits per heavy atom. The van der Waals surface area contributed by atoms with Crippen LogP contribution in [0, 0.1) is 12.7 Å². The van der Waals surface area contributed by atoms with Gasteiger partial charge in [0.25, 0.3) is 0 Å². The summed E-state index contributed by atoms with van der Waals surface area (Å²) in [6.45, 7) is 1.89. The van der Waals surface area contributed by atoms with Gasteiger partial charge in [0.05, 0.1) is 18.0 Å². The van der Waals surface area contributed by atoms with E-state index in [0.29, 0.717) is 12.0 Å². The summed E-state index contributed by atoms with van der Waals surface area (Å²) in [6.07, 6.45) is 0.478. The average Bonchev–Trinajstić information content (AvgIpc) is 2.57. The van der Waals surface area contributed by atoms with Crippen molar-refractivity contribution in [3.8, 4) is 11.3 Å². The Bertz CT molecular complexity index is 534. The highest BCUT2D eigenvalue weighted by atomic mass is 19.1. The molecule has 17 heavy (non-hydrogen) atoms. The lowest BCUT2D eigenvalue weighted by molar-refractivity contribution is 0.295. The van der Waals surface area contributed by atoms with Crippen LogP contribution in [0.3, 0.4) is 0 Å². The largest absolute Gasteiger partial charge is 0.396 e. The summed E-state index contributed by atoms with van der Waals surface area (Å²) >= 11 is 0. The van der Waals surface area contributed by atoms with E-state index in [-0.39, 0.29) is 12.4 Å². The van der Waals surface area contributed by atoms with Gasteiger partial charge in [0.2, 0.25) is 0 Å². The molecule has 1 heterocycles. The van der Waals surface area contributed by atoms with Gasteiger partial charge in [-0.15, -0.1) is 0 Å². The second kappa shape index (κ2) is 4.67. The summed E-state index contributed by atoms with van der Waals surface area (Å²) in [5.74, 6) is 0.511. The van der Waals surface area contributed by atoms with Crippen molar-refractivity contribution in [2.75, 3.05) is 6.61 Å². The Hall–Kier alpha value is -1.68. The smallest absolute Gasteiger partial charge is 0.132 e. The molecule has 0 bridgehead atoms. The van der Waals surface area contributed by atoms with Gasteiger partial charge >= 0.3 is 0 Å². The van der Waals surface area contributed by atoms with Crippen molar-refractivity contribution >= 4 is 0 Å². The molecule has 0 aliphatic heterocycles. The van der Waals surface area contributed by atoms with Gasteiger partial charge in [-0.05, 0) is 19.1 Å². The molecule has 2 rings (SSSR count). The van der Waals surface area contributed by atoms with Crippen molar-refractivity contribution in [3.05, 3.63) is 41.6 Å². The molecule has 0 radical (unpaired) electrons. The Morgan fingerprint density at radius 3 is 2.71 bits per heavy atom. The van der Waals surface area contributed by atoms with E-state index in [1.54, 1.807) is 18.2 Å². The fraction of sp³-hybridized carbons (Fsp3) is 0.308. The van der Waals surface area contributed by atoms with E-state index in [1.807, 2.05) is 18.5 Å². The van der Waals surface area contributed by atoms with Crippen molar-refractivity contribution in [3.63, 3.8) is 0 Å². The molecule has 0 aliphatic carbocycles. The summed E-state index contributed by atoms with van der Waals surface area (Å²) in [5.41, 5.74) is 2.09. The SMILES string of the molecule is Cc1nc(CCO)n(C)c1-c1ccccc1F. The van der Waals surface area contributed by atoms with Gasteiger partial charge in [0.15, 0.2) is 0 Å². The number of benzene rings is 1. The summed E-state index contributed by atoms with van der Waals surface area (Å²) in [4.78, 5) is 4.35. The third-order valence-electron chi connectivity index (χ3n) is 2.83. The summed E-state index contributed by atoms with van der Waals surface area (Å²) in [7, 11) is 1.84. The Labute approximate surface area is 99.5 Å². The lowest BCUT2D eigenvalue weighted by Crippen LogP contribution is -2.02. The molecule has 0 saturated carbocycles. The van der Waals surface area contributed by atoms with Crippen molar-refractivity contribution in [2.45, 2.75) is 13.3 Å². The number of halogens is 1. The number of hydrogen-bond acceptors (Lipinski definition) is 2. The van der Waals surface area contributed by atoms with E-state index in [4.69, 9.17) is 5.11 Å². The predicted octanol–water partition coefficient (Wildman–Crippen LogP) is 2.07. The number of imidazole rings is 1. The van der Waals surface area contributed by atoms with Gasteiger partial charge in [0.1, 0.15) is 11.6 Å². The van der Waals surface area contributed by atoms with Crippen LogP contribution < -0.4 is 0 Å². The molecule has 4 heteroatoms. The number of hydrogen-bond donors (Lipinski definition) is 1. The molecule has 90 valence electrons. The number of aryl methyl sites for hydroxylation is 1. The van der Waals surface area contributed by atoms with Gasteiger partial charge in [-0.2, -0.15) is 0 Å². The van der Waals surface area contributed by atoms with Gasteiger partial charge in [-0.1, -0.05) is 12.1 Å².